The number of sulfonamides is 1. The lowest BCUT2D eigenvalue weighted by Gasteiger charge is -2.40. The van der Waals surface area contributed by atoms with Crippen molar-refractivity contribution >= 4 is 21.8 Å². The Kier molecular flexibility index (Phi) is 6.39. The molecule has 0 aliphatic carbocycles. The molecule has 0 aromatic heterocycles. The van der Waals surface area contributed by atoms with Crippen LogP contribution in [0.1, 0.15) is 0 Å². The van der Waals surface area contributed by atoms with Gasteiger partial charge in [-0.05, 0) is 24.3 Å². The number of aliphatic hydroxyl groups excluding tert-OH is 4. The predicted molar refractivity (Wildman–Crippen MR) is 86.6 cm³/mol. The van der Waals surface area contributed by atoms with Crippen LogP contribution in [0.4, 0.5) is 10.5 Å². The highest BCUT2D eigenvalue weighted by atomic mass is 32.2. The van der Waals surface area contributed by atoms with Gasteiger partial charge in [0.2, 0.25) is 0 Å². The van der Waals surface area contributed by atoms with Crippen molar-refractivity contribution in [2.24, 2.45) is 0 Å². The normalized spacial score (nSPS) is 29.0. The molecule has 1 saturated heterocycles. The van der Waals surface area contributed by atoms with Gasteiger partial charge in [-0.3, -0.25) is 0 Å². The molecule has 146 valence electrons. The Morgan fingerprint density at radius 2 is 1.77 bits per heavy atom. The van der Waals surface area contributed by atoms with Crippen molar-refractivity contribution in [3.8, 4) is 0 Å². The number of carbonyl (C=O) groups is 1. The van der Waals surface area contributed by atoms with E-state index >= 15 is 0 Å². The predicted octanol–water partition coefficient (Wildman–Crippen LogP) is -2.06. The smallest absolute Gasteiger partial charge is 0.420 e. The summed E-state index contributed by atoms with van der Waals surface area (Å²) in [6, 6.07) is 5.07. The van der Waals surface area contributed by atoms with Crippen molar-refractivity contribution in [1.29, 1.82) is 0 Å². The Balaban J connectivity index is 2.10. The maximum Gasteiger partial charge on any atom is 0.420 e. The summed E-state index contributed by atoms with van der Waals surface area (Å²) >= 11 is 0. The summed E-state index contributed by atoms with van der Waals surface area (Å²) in [5.41, 5.74) is 0.325. The maximum absolute atomic E-state index is 11.9. The largest absolute Gasteiger partial charge is 0.452 e. The lowest BCUT2D eigenvalue weighted by molar-refractivity contribution is -0.221. The molecule has 1 aliphatic heterocycles. The molecular weight excluding hydrogens is 372 g/mol. The Bertz CT molecular complexity index is 722. The highest BCUT2D eigenvalue weighted by Crippen LogP contribution is 2.23. The number of ether oxygens (including phenoxy) is 2. The van der Waals surface area contributed by atoms with E-state index in [-0.39, 0.29) is 4.90 Å². The summed E-state index contributed by atoms with van der Waals surface area (Å²) in [5, 5.41) is 41.3. The van der Waals surface area contributed by atoms with Crippen LogP contribution in [0.2, 0.25) is 0 Å². The zero-order valence-corrected chi connectivity index (χ0v) is 14.5. The van der Waals surface area contributed by atoms with Crippen LogP contribution in [-0.2, 0) is 19.5 Å². The summed E-state index contributed by atoms with van der Waals surface area (Å²) in [6.45, 7) is -0.570. The third-order valence-corrected chi connectivity index (χ3v) is 5.10. The number of carbonyl (C=O) groups excluding carboxylic acids is 1. The molecule has 1 aromatic rings. The standard InChI is InChI=1S/C14H20N2O9S/c1-24-14(21)16-26(22,23)8-4-2-7(3-5-8)15-13-12(20)11(19)10(18)9(6-17)25-13/h2-5,9-13,15,17-20H,6H2,1H3,(H,16,21)/t9-,10-,11+,12-,13-/m1/s1. The van der Waals surface area contributed by atoms with Gasteiger partial charge in [0.05, 0.1) is 18.6 Å². The van der Waals surface area contributed by atoms with Crippen molar-refractivity contribution in [3.63, 3.8) is 0 Å². The van der Waals surface area contributed by atoms with Gasteiger partial charge in [-0.15, -0.1) is 0 Å². The molecule has 1 amide bonds. The number of nitrogens with one attached hydrogen (secondary N) is 2. The minimum Gasteiger partial charge on any atom is -0.452 e. The highest BCUT2D eigenvalue weighted by Gasteiger charge is 2.43. The molecule has 1 aromatic carbocycles. The number of amides is 1. The number of rotatable bonds is 5. The van der Waals surface area contributed by atoms with Crippen LogP contribution in [-0.4, -0.2) is 79.3 Å². The van der Waals surface area contributed by atoms with Crippen molar-refractivity contribution in [3.05, 3.63) is 24.3 Å². The molecular formula is C14H20N2O9S. The number of hydrogen-bond acceptors (Lipinski definition) is 10. The summed E-state index contributed by atoms with van der Waals surface area (Å²) in [6.07, 6.45) is -7.87. The Labute approximate surface area is 149 Å². The van der Waals surface area contributed by atoms with E-state index in [1.165, 1.54) is 24.3 Å². The number of benzene rings is 1. The Hall–Kier alpha value is -1.96. The third-order valence-electron chi connectivity index (χ3n) is 3.77. The highest BCUT2D eigenvalue weighted by molar-refractivity contribution is 7.90. The Morgan fingerprint density at radius 1 is 1.15 bits per heavy atom. The monoisotopic (exact) mass is 392 g/mol. The van der Waals surface area contributed by atoms with Gasteiger partial charge in [-0.1, -0.05) is 0 Å². The van der Waals surface area contributed by atoms with E-state index in [0.717, 1.165) is 7.11 Å². The summed E-state index contributed by atoms with van der Waals surface area (Å²) in [7, 11) is -3.07. The molecule has 11 nitrogen and oxygen atoms in total. The minimum absolute atomic E-state index is 0.206. The van der Waals surface area contributed by atoms with Gasteiger partial charge in [0, 0.05) is 5.69 Å². The first-order valence-electron chi connectivity index (χ1n) is 7.47. The molecule has 0 radical (unpaired) electrons. The number of anilines is 1. The van der Waals surface area contributed by atoms with Gasteiger partial charge in [-0.2, -0.15) is 0 Å². The van der Waals surface area contributed by atoms with Gasteiger partial charge in [0.15, 0.2) is 6.23 Å². The molecule has 26 heavy (non-hydrogen) atoms. The van der Waals surface area contributed by atoms with Crippen LogP contribution < -0.4 is 10.0 Å². The van der Waals surface area contributed by atoms with Crippen molar-refractivity contribution < 1.29 is 43.1 Å². The Morgan fingerprint density at radius 3 is 2.31 bits per heavy atom. The van der Waals surface area contributed by atoms with Gasteiger partial charge in [0.25, 0.3) is 10.0 Å². The molecule has 0 unspecified atom stereocenters. The van der Waals surface area contributed by atoms with Crippen molar-refractivity contribution in [2.75, 3.05) is 19.0 Å². The molecule has 6 N–H and O–H groups in total. The zero-order chi connectivity index (χ0) is 19.5. The fraction of sp³-hybridized carbons (Fsp3) is 0.500. The van der Waals surface area contributed by atoms with Gasteiger partial charge < -0.3 is 35.2 Å². The second-order valence-corrected chi connectivity index (χ2v) is 7.20. The second-order valence-electron chi connectivity index (χ2n) is 5.52. The van der Waals surface area contributed by atoms with E-state index in [1.807, 2.05) is 0 Å². The molecule has 0 spiro atoms. The summed E-state index contributed by atoms with van der Waals surface area (Å²) < 4.78 is 35.1. The van der Waals surface area contributed by atoms with Crippen LogP contribution in [0.5, 0.6) is 0 Å². The van der Waals surface area contributed by atoms with Crippen LogP contribution in [0.3, 0.4) is 0 Å². The van der Waals surface area contributed by atoms with Crippen molar-refractivity contribution in [2.45, 2.75) is 35.5 Å². The van der Waals surface area contributed by atoms with E-state index in [0.29, 0.717) is 5.69 Å². The van der Waals surface area contributed by atoms with Crippen LogP contribution in [0.25, 0.3) is 0 Å². The lowest BCUT2D eigenvalue weighted by atomic mass is 9.98. The SMILES string of the molecule is COC(=O)NS(=O)(=O)c1ccc(N[C@@H]2O[C@H](CO)[C@@H](O)[C@H](O)[C@H]2O)cc1. The molecule has 0 saturated carbocycles. The first kappa shape index (κ1) is 20.4. The number of aliphatic hydroxyl groups is 4. The van der Waals surface area contributed by atoms with Crippen LogP contribution in [0.15, 0.2) is 29.2 Å². The molecule has 0 bridgehead atoms. The zero-order valence-electron chi connectivity index (χ0n) is 13.6. The molecule has 12 heteroatoms. The topological polar surface area (TPSA) is 175 Å². The molecule has 2 rings (SSSR count). The minimum atomic E-state index is -4.10. The number of methoxy groups -OCH3 is 1. The van der Waals surface area contributed by atoms with E-state index in [2.05, 4.69) is 10.1 Å². The fourth-order valence-electron chi connectivity index (χ4n) is 2.33. The summed E-state index contributed by atoms with van der Waals surface area (Å²) in [4.78, 5) is 10.8. The average Bonchev–Trinajstić information content (AvgIpc) is 2.62. The molecule has 1 heterocycles. The van der Waals surface area contributed by atoms with Crippen LogP contribution in [0, 0.1) is 0 Å². The first-order chi connectivity index (χ1) is 12.2. The number of hydrogen-bond donors (Lipinski definition) is 6. The third kappa shape index (κ3) is 4.41. The van der Waals surface area contributed by atoms with Crippen molar-refractivity contribution in [1.82, 2.24) is 4.72 Å². The lowest BCUT2D eigenvalue weighted by Crippen LogP contribution is -2.60. The van der Waals surface area contributed by atoms with Gasteiger partial charge in [-0.25, -0.2) is 17.9 Å². The van der Waals surface area contributed by atoms with E-state index in [1.54, 1.807) is 4.72 Å². The van der Waals surface area contributed by atoms with E-state index < -0.39 is 53.4 Å². The van der Waals surface area contributed by atoms with Crippen LogP contribution >= 0.6 is 0 Å². The van der Waals surface area contributed by atoms with E-state index in [4.69, 9.17) is 9.84 Å². The maximum atomic E-state index is 11.9. The first-order valence-corrected chi connectivity index (χ1v) is 8.96. The molecule has 1 fully saturated rings. The van der Waals surface area contributed by atoms with Gasteiger partial charge in [0.1, 0.15) is 24.4 Å². The quantitative estimate of drug-likeness (QED) is 0.327. The van der Waals surface area contributed by atoms with Gasteiger partial charge >= 0.3 is 6.09 Å². The molecule has 1 aliphatic rings. The summed E-state index contributed by atoms with van der Waals surface area (Å²) in [5.74, 6) is 0. The second kappa shape index (κ2) is 8.16. The molecule has 5 atom stereocenters. The fourth-order valence-corrected chi connectivity index (χ4v) is 3.24. The average molecular weight is 392 g/mol. The van der Waals surface area contributed by atoms with E-state index in [9.17, 15) is 28.5 Å².